The first-order valence-corrected chi connectivity index (χ1v) is 5.59. The molecule has 0 saturated carbocycles. The van der Waals surface area contributed by atoms with E-state index in [1.165, 1.54) is 0 Å². The quantitative estimate of drug-likeness (QED) is 0.824. The lowest BCUT2D eigenvalue weighted by Crippen LogP contribution is -2.37. The maximum Gasteiger partial charge on any atom is 0.320 e. The highest BCUT2D eigenvalue weighted by molar-refractivity contribution is 5.85. The van der Waals surface area contributed by atoms with E-state index in [-0.39, 0.29) is 12.4 Å². The van der Waals surface area contributed by atoms with Crippen molar-refractivity contribution >= 4 is 18.4 Å². The second kappa shape index (κ2) is 8.09. The third-order valence-electron chi connectivity index (χ3n) is 2.40. The molecule has 2 N–H and O–H groups in total. The van der Waals surface area contributed by atoms with E-state index in [0.29, 0.717) is 18.9 Å². The maximum absolute atomic E-state index is 11.0. The van der Waals surface area contributed by atoms with Gasteiger partial charge in [0.1, 0.15) is 6.04 Å². The molecule has 1 atom stereocenters. The van der Waals surface area contributed by atoms with Crippen LogP contribution in [-0.4, -0.2) is 17.1 Å². The molecule has 0 fully saturated rings. The van der Waals surface area contributed by atoms with Gasteiger partial charge in [0.25, 0.3) is 0 Å². The van der Waals surface area contributed by atoms with Crippen molar-refractivity contribution in [3.8, 4) is 0 Å². The highest BCUT2D eigenvalue weighted by Crippen LogP contribution is 2.06. The molecule has 17 heavy (non-hydrogen) atoms. The zero-order chi connectivity index (χ0) is 12.0. The second-order valence-corrected chi connectivity index (χ2v) is 4.39. The van der Waals surface area contributed by atoms with E-state index in [2.05, 4.69) is 5.32 Å². The Morgan fingerprint density at radius 2 is 1.88 bits per heavy atom. The van der Waals surface area contributed by atoms with E-state index in [9.17, 15) is 4.79 Å². The SMILES string of the molecule is CC(C)C[C@@H](NCc1ccccc1)C(=O)O.Cl. The predicted octanol–water partition coefficient (Wildman–Crippen LogP) is 2.70. The second-order valence-electron chi connectivity index (χ2n) is 4.39. The third-order valence-corrected chi connectivity index (χ3v) is 2.40. The van der Waals surface area contributed by atoms with E-state index in [4.69, 9.17) is 5.11 Å². The van der Waals surface area contributed by atoms with Crippen molar-refractivity contribution in [1.82, 2.24) is 5.32 Å². The molecule has 3 nitrogen and oxygen atoms in total. The number of halogens is 1. The van der Waals surface area contributed by atoms with E-state index in [1.54, 1.807) is 0 Å². The summed E-state index contributed by atoms with van der Waals surface area (Å²) in [5, 5.41) is 12.1. The Morgan fingerprint density at radius 1 is 1.29 bits per heavy atom. The number of rotatable bonds is 6. The van der Waals surface area contributed by atoms with Gasteiger partial charge in [0.05, 0.1) is 0 Å². The predicted molar refractivity (Wildman–Crippen MR) is 71.4 cm³/mol. The molecule has 0 aliphatic carbocycles. The van der Waals surface area contributed by atoms with Crippen molar-refractivity contribution in [2.45, 2.75) is 32.9 Å². The van der Waals surface area contributed by atoms with Crippen LogP contribution in [0.2, 0.25) is 0 Å². The maximum atomic E-state index is 11.0. The highest BCUT2D eigenvalue weighted by Gasteiger charge is 2.17. The Morgan fingerprint density at radius 3 is 2.35 bits per heavy atom. The smallest absolute Gasteiger partial charge is 0.320 e. The average Bonchev–Trinajstić information content (AvgIpc) is 2.25. The van der Waals surface area contributed by atoms with Crippen molar-refractivity contribution < 1.29 is 9.90 Å². The largest absolute Gasteiger partial charge is 0.480 e. The molecule has 1 aromatic rings. The summed E-state index contributed by atoms with van der Waals surface area (Å²) in [5.74, 6) is -0.394. The summed E-state index contributed by atoms with van der Waals surface area (Å²) in [7, 11) is 0. The summed E-state index contributed by atoms with van der Waals surface area (Å²) in [6.45, 7) is 4.66. The molecule has 1 aromatic carbocycles. The molecule has 0 aliphatic heterocycles. The fraction of sp³-hybridized carbons (Fsp3) is 0.462. The van der Waals surface area contributed by atoms with Crippen LogP contribution in [0, 0.1) is 5.92 Å². The normalized spacial score (nSPS) is 11.9. The Kier molecular flexibility index (Phi) is 7.59. The highest BCUT2D eigenvalue weighted by atomic mass is 35.5. The van der Waals surface area contributed by atoms with E-state index >= 15 is 0 Å². The molecule has 0 heterocycles. The zero-order valence-electron chi connectivity index (χ0n) is 10.2. The summed E-state index contributed by atoms with van der Waals surface area (Å²) < 4.78 is 0. The molecule has 96 valence electrons. The van der Waals surface area contributed by atoms with E-state index in [1.807, 2.05) is 44.2 Å². The fourth-order valence-corrected chi connectivity index (χ4v) is 1.58. The molecule has 4 heteroatoms. The van der Waals surface area contributed by atoms with Gasteiger partial charge >= 0.3 is 5.97 Å². The van der Waals surface area contributed by atoms with Crippen LogP contribution in [0.4, 0.5) is 0 Å². The Labute approximate surface area is 109 Å². The molecular weight excluding hydrogens is 238 g/mol. The minimum atomic E-state index is -0.773. The topological polar surface area (TPSA) is 49.3 Å². The van der Waals surface area contributed by atoms with Crippen LogP contribution >= 0.6 is 12.4 Å². The monoisotopic (exact) mass is 257 g/mol. The van der Waals surface area contributed by atoms with Crippen molar-refractivity contribution in [1.29, 1.82) is 0 Å². The molecule has 0 amide bonds. The number of hydrogen-bond acceptors (Lipinski definition) is 2. The number of hydrogen-bond donors (Lipinski definition) is 2. The lowest BCUT2D eigenvalue weighted by molar-refractivity contribution is -0.140. The van der Waals surface area contributed by atoms with Gasteiger partial charge in [0.2, 0.25) is 0 Å². The van der Waals surface area contributed by atoms with Crippen LogP contribution in [0.5, 0.6) is 0 Å². The molecular formula is C13H20ClNO2. The lowest BCUT2D eigenvalue weighted by atomic mass is 10.0. The Bertz CT molecular complexity index is 327. The Balaban J connectivity index is 0.00000256. The summed E-state index contributed by atoms with van der Waals surface area (Å²) in [5.41, 5.74) is 1.11. The summed E-state index contributed by atoms with van der Waals surface area (Å²) >= 11 is 0. The van der Waals surface area contributed by atoms with Crippen molar-refractivity contribution in [2.75, 3.05) is 0 Å². The van der Waals surface area contributed by atoms with Crippen LogP contribution in [-0.2, 0) is 11.3 Å². The van der Waals surface area contributed by atoms with Gasteiger partial charge in [-0.15, -0.1) is 12.4 Å². The minimum absolute atomic E-state index is 0. The van der Waals surface area contributed by atoms with Crippen molar-refractivity contribution in [3.63, 3.8) is 0 Å². The summed E-state index contributed by atoms with van der Waals surface area (Å²) in [6, 6.07) is 9.37. The minimum Gasteiger partial charge on any atom is -0.480 e. The van der Waals surface area contributed by atoms with E-state index in [0.717, 1.165) is 5.56 Å². The van der Waals surface area contributed by atoms with Gasteiger partial charge in [-0.2, -0.15) is 0 Å². The standard InChI is InChI=1S/C13H19NO2.ClH/c1-10(2)8-12(13(15)16)14-9-11-6-4-3-5-7-11;/h3-7,10,12,14H,8-9H2,1-2H3,(H,15,16);1H/t12-;/m1./s1. The van der Waals surface area contributed by atoms with Crippen LogP contribution in [0.15, 0.2) is 30.3 Å². The van der Waals surface area contributed by atoms with Gasteiger partial charge in [-0.1, -0.05) is 44.2 Å². The molecule has 0 bridgehead atoms. The van der Waals surface area contributed by atoms with Gasteiger partial charge in [-0.3, -0.25) is 4.79 Å². The van der Waals surface area contributed by atoms with Gasteiger partial charge in [0.15, 0.2) is 0 Å². The first kappa shape index (κ1) is 15.9. The first-order valence-electron chi connectivity index (χ1n) is 5.59. The third kappa shape index (κ3) is 6.29. The number of carbonyl (C=O) groups is 1. The number of benzene rings is 1. The lowest BCUT2D eigenvalue weighted by Gasteiger charge is -2.16. The summed E-state index contributed by atoms with van der Waals surface area (Å²) in [4.78, 5) is 11.0. The molecule has 0 aliphatic rings. The van der Waals surface area contributed by atoms with Gasteiger partial charge in [-0.25, -0.2) is 0 Å². The van der Waals surface area contributed by atoms with Gasteiger partial charge in [0, 0.05) is 6.54 Å². The van der Waals surface area contributed by atoms with Crippen LogP contribution in [0.25, 0.3) is 0 Å². The molecule has 1 rings (SSSR count). The van der Waals surface area contributed by atoms with Crippen LogP contribution in [0.1, 0.15) is 25.8 Å². The van der Waals surface area contributed by atoms with E-state index < -0.39 is 12.0 Å². The van der Waals surface area contributed by atoms with Crippen molar-refractivity contribution in [3.05, 3.63) is 35.9 Å². The summed E-state index contributed by atoms with van der Waals surface area (Å²) in [6.07, 6.45) is 0.655. The van der Waals surface area contributed by atoms with Crippen LogP contribution < -0.4 is 5.32 Å². The fourth-order valence-electron chi connectivity index (χ4n) is 1.58. The average molecular weight is 258 g/mol. The Hall–Kier alpha value is -1.06. The number of aliphatic carboxylic acids is 1. The van der Waals surface area contributed by atoms with Crippen molar-refractivity contribution in [2.24, 2.45) is 5.92 Å². The molecule has 0 spiro atoms. The number of nitrogens with one attached hydrogen (secondary N) is 1. The first-order chi connectivity index (χ1) is 7.59. The van der Waals surface area contributed by atoms with Crippen LogP contribution in [0.3, 0.4) is 0 Å². The van der Waals surface area contributed by atoms with Gasteiger partial charge < -0.3 is 10.4 Å². The zero-order valence-corrected chi connectivity index (χ0v) is 11.0. The molecule has 0 radical (unpaired) electrons. The molecule has 0 unspecified atom stereocenters. The molecule has 0 saturated heterocycles. The number of carboxylic acid groups (broad SMARTS) is 1. The number of carboxylic acids is 1. The van der Waals surface area contributed by atoms with Gasteiger partial charge in [-0.05, 0) is 17.9 Å². The molecule has 0 aromatic heterocycles.